The molecule has 2 aromatic carbocycles. The number of carbonyl (C=O) groups is 1. The number of ether oxygens (including phenoxy) is 1. The van der Waals surface area contributed by atoms with Gasteiger partial charge in [-0.05, 0) is 48.9 Å². The van der Waals surface area contributed by atoms with Crippen LogP contribution in [0.4, 0.5) is 11.4 Å². The van der Waals surface area contributed by atoms with Crippen molar-refractivity contribution in [3.8, 4) is 5.75 Å². The van der Waals surface area contributed by atoms with Crippen LogP contribution in [0.1, 0.15) is 11.4 Å². The molecule has 3 aromatic rings. The van der Waals surface area contributed by atoms with Crippen molar-refractivity contribution in [3.05, 3.63) is 58.9 Å². The predicted octanol–water partition coefficient (Wildman–Crippen LogP) is 3.31. The third kappa shape index (κ3) is 5.55. The van der Waals surface area contributed by atoms with Gasteiger partial charge in [-0.3, -0.25) is 4.79 Å². The van der Waals surface area contributed by atoms with Crippen molar-refractivity contribution >= 4 is 40.6 Å². The normalized spacial score (nSPS) is 10.6. The average Bonchev–Trinajstić information content (AvgIpc) is 3.07. The SMILES string of the molecule is COc1ccc(NCc2nnc(SCC(=O)Nc3cc(Cl)ccc3C)n2N)cc1. The molecule has 0 radical (unpaired) electrons. The first kappa shape index (κ1) is 20.8. The van der Waals surface area contributed by atoms with E-state index < -0.39 is 0 Å². The number of rotatable bonds is 8. The van der Waals surface area contributed by atoms with Crippen molar-refractivity contribution in [1.82, 2.24) is 14.9 Å². The molecule has 29 heavy (non-hydrogen) atoms. The summed E-state index contributed by atoms with van der Waals surface area (Å²) in [6.07, 6.45) is 0. The molecular formula is C19H21ClN6O2S. The van der Waals surface area contributed by atoms with Crippen molar-refractivity contribution in [2.24, 2.45) is 0 Å². The standard InChI is InChI=1S/C19H21ClN6O2S/c1-12-3-4-13(20)9-16(12)23-18(27)11-29-19-25-24-17(26(19)21)10-22-14-5-7-15(28-2)8-6-14/h3-9,22H,10-11,21H2,1-2H3,(H,23,27). The predicted molar refractivity (Wildman–Crippen MR) is 116 cm³/mol. The fraction of sp³-hybridized carbons (Fsp3) is 0.211. The highest BCUT2D eigenvalue weighted by Gasteiger charge is 2.13. The Morgan fingerprint density at radius 2 is 2.00 bits per heavy atom. The molecule has 152 valence electrons. The Kier molecular flexibility index (Phi) is 6.84. The molecule has 8 nitrogen and oxygen atoms in total. The number of nitrogen functional groups attached to an aromatic ring is 1. The molecule has 0 spiro atoms. The van der Waals surface area contributed by atoms with Crippen molar-refractivity contribution in [2.75, 3.05) is 29.3 Å². The van der Waals surface area contributed by atoms with E-state index in [0.717, 1.165) is 17.0 Å². The van der Waals surface area contributed by atoms with Crippen LogP contribution in [0.25, 0.3) is 0 Å². The summed E-state index contributed by atoms with van der Waals surface area (Å²) >= 11 is 7.19. The highest BCUT2D eigenvalue weighted by molar-refractivity contribution is 7.99. The minimum absolute atomic E-state index is 0.146. The minimum Gasteiger partial charge on any atom is -0.497 e. The topological polar surface area (TPSA) is 107 Å². The van der Waals surface area contributed by atoms with Crippen LogP contribution < -0.4 is 21.2 Å². The molecule has 0 fully saturated rings. The number of nitrogens with zero attached hydrogens (tertiary/aromatic N) is 3. The van der Waals surface area contributed by atoms with Crippen LogP contribution in [-0.2, 0) is 11.3 Å². The van der Waals surface area contributed by atoms with E-state index in [1.807, 2.05) is 37.3 Å². The number of aryl methyl sites for hydroxylation is 1. The van der Waals surface area contributed by atoms with Gasteiger partial charge in [-0.2, -0.15) is 0 Å². The number of thioether (sulfide) groups is 1. The number of anilines is 2. The summed E-state index contributed by atoms with van der Waals surface area (Å²) in [6, 6.07) is 12.9. The fourth-order valence-corrected chi connectivity index (χ4v) is 3.31. The van der Waals surface area contributed by atoms with Gasteiger partial charge in [-0.25, -0.2) is 4.68 Å². The molecular weight excluding hydrogens is 412 g/mol. The van der Waals surface area contributed by atoms with E-state index in [1.54, 1.807) is 19.2 Å². The molecule has 0 saturated carbocycles. The molecule has 0 atom stereocenters. The third-order valence-corrected chi connectivity index (χ3v) is 5.26. The number of halogens is 1. The van der Waals surface area contributed by atoms with Crippen molar-refractivity contribution in [3.63, 3.8) is 0 Å². The molecule has 3 rings (SSSR count). The average molecular weight is 433 g/mol. The quantitative estimate of drug-likeness (QED) is 0.370. The maximum Gasteiger partial charge on any atom is 0.234 e. The zero-order chi connectivity index (χ0) is 20.8. The highest BCUT2D eigenvalue weighted by Crippen LogP contribution is 2.21. The minimum atomic E-state index is -0.179. The van der Waals surface area contributed by atoms with Gasteiger partial charge < -0.3 is 21.2 Å². The number of aromatic nitrogens is 3. The Bertz CT molecular complexity index is 993. The smallest absolute Gasteiger partial charge is 0.234 e. The molecule has 1 aromatic heterocycles. The number of hydrogen-bond acceptors (Lipinski definition) is 7. The second-order valence-electron chi connectivity index (χ2n) is 6.15. The lowest BCUT2D eigenvalue weighted by molar-refractivity contribution is -0.113. The summed E-state index contributed by atoms with van der Waals surface area (Å²) in [5.41, 5.74) is 2.52. The van der Waals surface area contributed by atoms with Gasteiger partial charge in [0.15, 0.2) is 5.82 Å². The molecule has 10 heteroatoms. The van der Waals surface area contributed by atoms with Gasteiger partial charge in [0.05, 0.1) is 19.4 Å². The van der Waals surface area contributed by atoms with Crippen LogP contribution in [0.3, 0.4) is 0 Å². The summed E-state index contributed by atoms with van der Waals surface area (Å²) in [5.74, 6) is 7.35. The van der Waals surface area contributed by atoms with Crippen LogP contribution in [0, 0.1) is 6.92 Å². The summed E-state index contributed by atoms with van der Waals surface area (Å²) in [7, 11) is 1.62. The molecule has 0 aliphatic heterocycles. The first-order valence-corrected chi connectivity index (χ1v) is 10.1. The van der Waals surface area contributed by atoms with Gasteiger partial charge in [0.2, 0.25) is 11.1 Å². The van der Waals surface area contributed by atoms with Gasteiger partial charge in [0.25, 0.3) is 0 Å². The zero-order valence-corrected chi connectivity index (χ0v) is 17.5. The lowest BCUT2D eigenvalue weighted by atomic mass is 10.2. The van der Waals surface area contributed by atoms with Crippen LogP contribution in [0.2, 0.25) is 5.02 Å². The first-order chi connectivity index (χ1) is 14.0. The Morgan fingerprint density at radius 1 is 1.24 bits per heavy atom. The maximum atomic E-state index is 12.2. The van der Waals surface area contributed by atoms with Gasteiger partial charge in [-0.15, -0.1) is 10.2 Å². The number of methoxy groups -OCH3 is 1. The maximum absolute atomic E-state index is 12.2. The van der Waals surface area contributed by atoms with Crippen LogP contribution in [-0.4, -0.2) is 33.6 Å². The Morgan fingerprint density at radius 3 is 2.72 bits per heavy atom. The van der Waals surface area contributed by atoms with E-state index in [0.29, 0.717) is 28.2 Å². The van der Waals surface area contributed by atoms with E-state index in [9.17, 15) is 4.79 Å². The van der Waals surface area contributed by atoms with Gasteiger partial charge in [0.1, 0.15) is 5.75 Å². The van der Waals surface area contributed by atoms with Crippen LogP contribution in [0.15, 0.2) is 47.6 Å². The van der Waals surface area contributed by atoms with Crippen LogP contribution in [0.5, 0.6) is 5.75 Å². The summed E-state index contributed by atoms with van der Waals surface area (Å²) < 4.78 is 6.51. The lowest BCUT2D eigenvalue weighted by Crippen LogP contribution is -2.18. The summed E-state index contributed by atoms with van der Waals surface area (Å²) in [5, 5.41) is 15.2. The van der Waals surface area contributed by atoms with E-state index >= 15 is 0 Å². The van der Waals surface area contributed by atoms with Crippen molar-refractivity contribution < 1.29 is 9.53 Å². The number of benzene rings is 2. The Balaban J connectivity index is 1.53. The molecule has 0 unspecified atom stereocenters. The number of carbonyl (C=O) groups excluding carboxylic acids is 1. The van der Waals surface area contributed by atoms with E-state index in [4.69, 9.17) is 22.2 Å². The zero-order valence-electron chi connectivity index (χ0n) is 16.0. The number of hydrogen-bond donors (Lipinski definition) is 3. The first-order valence-electron chi connectivity index (χ1n) is 8.72. The second-order valence-corrected chi connectivity index (χ2v) is 7.53. The van der Waals surface area contributed by atoms with Gasteiger partial charge >= 0.3 is 0 Å². The number of nitrogens with two attached hydrogens (primary N) is 1. The molecule has 4 N–H and O–H groups in total. The third-order valence-electron chi connectivity index (χ3n) is 4.08. The van der Waals surface area contributed by atoms with Crippen molar-refractivity contribution in [2.45, 2.75) is 18.6 Å². The second kappa shape index (κ2) is 9.53. The molecule has 0 aliphatic carbocycles. The highest BCUT2D eigenvalue weighted by atomic mass is 35.5. The molecule has 1 heterocycles. The molecule has 1 amide bonds. The molecule has 0 aliphatic rings. The Hall–Kier alpha value is -2.91. The lowest BCUT2D eigenvalue weighted by Gasteiger charge is -2.09. The van der Waals surface area contributed by atoms with E-state index in [-0.39, 0.29) is 11.7 Å². The summed E-state index contributed by atoms with van der Waals surface area (Å²) in [6.45, 7) is 2.29. The van der Waals surface area contributed by atoms with Crippen LogP contribution >= 0.6 is 23.4 Å². The largest absolute Gasteiger partial charge is 0.497 e. The van der Waals surface area contributed by atoms with Gasteiger partial charge in [-0.1, -0.05) is 29.4 Å². The fourth-order valence-electron chi connectivity index (χ4n) is 2.46. The summed E-state index contributed by atoms with van der Waals surface area (Å²) in [4.78, 5) is 12.2. The molecule has 0 bridgehead atoms. The van der Waals surface area contributed by atoms with E-state index in [2.05, 4.69) is 20.8 Å². The van der Waals surface area contributed by atoms with E-state index in [1.165, 1.54) is 16.4 Å². The number of amides is 1. The Labute approximate surface area is 177 Å². The van der Waals surface area contributed by atoms with Crippen molar-refractivity contribution in [1.29, 1.82) is 0 Å². The molecule has 0 saturated heterocycles. The number of nitrogens with one attached hydrogen (secondary N) is 2. The van der Waals surface area contributed by atoms with Gasteiger partial charge in [0, 0.05) is 16.4 Å². The monoisotopic (exact) mass is 432 g/mol.